The van der Waals surface area contributed by atoms with Crippen LogP contribution in [-0.4, -0.2) is 50.0 Å². The second-order valence-corrected chi connectivity index (χ2v) is 12.2. The number of anilines is 1. The Morgan fingerprint density at radius 3 is 2.17 bits per heavy atom. The third kappa shape index (κ3) is 8.42. The van der Waals surface area contributed by atoms with Crippen molar-refractivity contribution in [1.82, 2.24) is 10.2 Å². The fourth-order valence-electron chi connectivity index (χ4n) is 4.65. The van der Waals surface area contributed by atoms with E-state index in [-0.39, 0.29) is 18.5 Å². The summed E-state index contributed by atoms with van der Waals surface area (Å²) in [7, 11) is -3.80. The molecule has 214 valence electrons. The van der Waals surface area contributed by atoms with Crippen LogP contribution in [0.15, 0.2) is 78.9 Å². The van der Waals surface area contributed by atoms with E-state index in [1.54, 1.807) is 12.1 Å². The van der Waals surface area contributed by atoms with Crippen molar-refractivity contribution in [3.8, 4) is 0 Å². The van der Waals surface area contributed by atoms with Crippen molar-refractivity contribution in [2.75, 3.05) is 17.1 Å². The van der Waals surface area contributed by atoms with Crippen molar-refractivity contribution >= 4 is 27.5 Å². The molecular weight excluding hydrogens is 522 g/mol. The van der Waals surface area contributed by atoms with Gasteiger partial charge in [-0.3, -0.25) is 13.9 Å². The molecule has 3 aromatic carbocycles. The maximum Gasteiger partial charge on any atom is 0.244 e. The lowest BCUT2D eigenvalue weighted by molar-refractivity contribution is -0.140. The van der Waals surface area contributed by atoms with Gasteiger partial charge >= 0.3 is 0 Å². The summed E-state index contributed by atoms with van der Waals surface area (Å²) in [6.07, 6.45) is 2.75. The number of hydrogen-bond donors (Lipinski definition) is 1. The van der Waals surface area contributed by atoms with Gasteiger partial charge in [-0.1, -0.05) is 92.2 Å². The highest BCUT2D eigenvalue weighted by atomic mass is 32.2. The average Bonchev–Trinajstić information content (AvgIpc) is 2.93. The monoisotopic (exact) mass is 563 g/mol. The predicted octanol–water partition coefficient (Wildman–Crippen LogP) is 4.88. The molecule has 1 N–H and O–H groups in total. The minimum atomic E-state index is -3.80. The van der Waals surface area contributed by atoms with Crippen molar-refractivity contribution in [3.63, 3.8) is 0 Å². The van der Waals surface area contributed by atoms with Gasteiger partial charge in [-0.05, 0) is 49.4 Å². The van der Waals surface area contributed by atoms with Gasteiger partial charge in [0.05, 0.1) is 11.9 Å². The van der Waals surface area contributed by atoms with Crippen LogP contribution in [0.4, 0.5) is 5.69 Å². The Balaban J connectivity index is 2.08. The maximum atomic E-state index is 14.2. The number of carbonyl (C=O) groups excluding carboxylic acids is 2. The quantitative estimate of drug-likeness (QED) is 0.321. The van der Waals surface area contributed by atoms with Crippen molar-refractivity contribution in [2.24, 2.45) is 0 Å². The second-order valence-electron chi connectivity index (χ2n) is 10.3. The summed E-state index contributed by atoms with van der Waals surface area (Å²) in [6.45, 7) is 7.59. The van der Waals surface area contributed by atoms with E-state index in [0.717, 1.165) is 39.2 Å². The molecule has 0 aliphatic rings. The Bertz CT molecular complexity index is 1390. The second kappa shape index (κ2) is 14.1. The van der Waals surface area contributed by atoms with Gasteiger partial charge in [-0.15, -0.1) is 0 Å². The van der Waals surface area contributed by atoms with Crippen molar-refractivity contribution in [2.45, 2.75) is 65.6 Å². The van der Waals surface area contributed by atoms with Gasteiger partial charge in [0.25, 0.3) is 0 Å². The summed E-state index contributed by atoms with van der Waals surface area (Å²) in [5.41, 5.74) is 4.09. The van der Waals surface area contributed by atoms with Crippen molar-refractivity contribution < 1.29 is 18.0 Å². The number of carbonyl (C=O) groups is 2. The first-order chi connectivity index (χ1) is 19.0. The van der Waals surface area contributed by atoms with Crippen LogP contribution in [0.3, 0.4) is 0 Å². The normalized spacial score (nSPS) is 12.8. The molecular formula is C32H41N3O4S. The van der Waals surface area contributed by atoms with Gasteiger partial charge < -0.3 is 10.2 Å². The van der Waals surface area contributed by atoms with Crippen LogP contribution in [0.2, 0.25) is 0 Å². The zero-order chi connectivity index (χ0) is 29.3. The van der Waals surface area contributed by atoms with Gasteiger partial charge in [-0.25, -0.2) is 8.42 Å². The molecule has 8 heteroatoms. The first-order valence-corrected chi connectivity index (χ1v) is 15.6. The number of nitrogens with one attached hydrogen (secondary N) is 1. The molecule has 0 saturated carbocycles. The van der Waals surface area contributed by atoms with Gasteiger partial charge in [0.15, 0.2) is 0 Å². The molecule has 0 heterocycles. The first kappa shape index (κ1) is 30.9. The summed E-state index contributed by atoms with van der Waals surface area (Å²) in [6, 6.07) is 23.6. The van der Waals surface area contributed by atoms with Gasteiger partial charge in [0.1, 0.15) is 12.6 Å². The number of aryl methyl sites for hydroxylation is 2. The van der Waals surface area contributed by atoms with Crippen LogP contribution in [-0.2, 0) is 39.0 Å². The molecule has 40 heavy (non-hydrogen) atoms. The van der Waals surface area contributed by atoms with E-state index in [0.29, 0.717) is 18.5 Å². The van der Waals surface area contributed by atoms with Crippen LogP contribution >= 0.6 is 0 Å². The molecule has 2 amide bonds. The average molecular weight is 564 g/mol. The molecule has 0 spiro atoms. The zero-order valence-electron chi connectivity index (χ0n) is 24.1. The molecule has 0 aromatic heterocycles. The van der Waals surface area contributed by atoms with Crippen LogP contribution in [0.5, 0.6) is 0 Å². The molecule has 2 atom stereocenters. The highest BCUT2D eigenvalue weighted by Crippen LogP contribution is 2.25. The highest BCUT2D eigenvalue weighted by Gasteiger charge is 2.33. The third-order valence-electron chi connectivity index (χ3n) is 7.03. The predicted molar refractivity (Wildman–Crippen MR) is 162 cm³/mol. The van der Waals surface area contributed by atoms with E-state index in [9.17, 15) is 18.0 Å². The van der Waals surface area contributed by atoms with E-state index >= 15 is 0 Å². The number of benzene rings is 3. The Hall–Kier alpha value is -3.65. The minimum Gasteiger partial charge on any atom is -0.352 e. The molecule has 0 unspecified atom stereocenters. The lowest BCUT2D eigenvalue weighted by Gasteiger charge is -2.34. The van der Waals surface area contributed by atoms with Gasteiger partial charge in [0.2, 0.25) is 21.8 Å². The van der Waals surface area contributed by atoms with E-state index in [4.69, 9.17) is 0 Å². The summed E-state index contributed by atoms with van der Waals surface area (Å²) in [5.74, 6) is -0.711. The van der Waals surface area contributed by atoms with Crippen LogP contribution < -0.4 is 9.62 Å². The van der Waals surface area contributed by atoms with Gasteiger partial charge in [-0.2, -0.15) is 0 Å². The standard InChI is InChI=1S/C32H41N3O4S/c1-6-25(4)33-32(37)30(21-26-15-9-8-10-16-26)34(22-27-17-13-14-24(3)20-27)31(36)23-35(40(5,38)39)29-19-12-11-18-28(29)7-2/h8-20,25,30H,6-7,21-23H2,1-5H3,(H,33,37)/t25-,30+/m0/s1. The Kier molecular flexibility index (Phi) is 10.9. The topological polar surface area (TPSA) is 86.8 Å². The number of sulfonamides is 1. The van der Waals surface area contributed by atoms with Crippen molar-refractivity contribution in [3.05, 3.63) is 101 Å². The molecule has 0 aliphatic heterocycles. The fourth-order valence-corrected chi connectivity index (χ4v) is 5.53. The van der Waals surface area contributed by atoms with E-state index in [1.807, 2.05) is 94.4 Å². The number of para-hydroxylation sites is 1. The minimum absolute atomic E-state index is 0.0781. The molecule has 0 aliphatic carbocycles. The lowest BCUT2D eigenvalue weighted by atomic mass is 10.0. The Morgan fingerprint density at radius 2 is 1.55 bits per heavy atom. The lowest BCUT2D eigenvalue weighted by Crippen LogP contribution is -2.54. The third-order valence-corrected chi connectivity index (χ3v) is 8.15. The van der Waals surface area contributed by atoms with Crippen LogP contribution in [0.1, 0.15) is 49.4 Å². The van der Waals surface area contributed by atoms with Crippen LogP contribution in [0, 0.1) is 6.92 Å². The number of hydrogen-bond acceptors (Lipinski definition) is 4. The number of amides is 2. The molecule has 0 fully saturated rings. The smallest absolute Gasteiger partial charge is 0.244 e. The summed E-state index contributed by atoms with van der Waals surface area (Å²) < 4.78 is 27.2. The van der Waals surface area contributed by atoms with Crippen LogP contribution in [0.25, 0.3) is 0 Å². The molecule has 7 nitrogen and oxygen atoms in total. The summed E-state index contributed by atoms with van der Waals surface area (Å²) in [5, 5.41) is 3.05. The van der Waals surface area contributed by atoms with E-state index < -0.39 is 28.5 Å². The Labute approximate surface area is 239 Å². The number of nitrogens with zero attached hydrogens (tertiary/aromatic N) is 2. The first-order valence-electron chi connectivity index (χ1n) is 13.8. The summed E-state index contributed by atoms with van der Waals surface area (Å²) in [4.78, 5) is 29.5. The SMILES string of the molecule is CCc1ccccc1N(CC(=O)N(Cc1cccc(C)c1)[C@H](Cc1ccccc1)C(=O)N[C@@H](C)CC)S(C)(=O)=O. The fraction of sp³-hybridized carbons (Fsp3) is 0.375. The summed E-state index contributed by atoms with van der Waals surface area (Å²) >= 11 is 0. The number of rotatable bonds is 13. The largest absolute Gasteiger partial charge is 0.352 e. The van der Waals surface area contributed by atoms with Gasteiger partial charge in [0, 0.05) is 19.0 Å². The van der Waals surface area contributed by atoms with Crippen molar-refractivity contribution in [1.29, 1.82) is 0 Å². The zero-order valence-corrected chi connectivity index (χ0v) is 24.9. The molecule has 0 radical (unpaired) electrons. The highest BCUT2D eigenvalue weighted by molar-refractivity contribution is 7.92. The van der Waals surface area contributed by atoms with E-state index in [1.165, 1.54) is 4.90 Å². The Morgan fingerprint density at radius 1 is 0.900 bits per heavy atom. The molecule has 3 aromatic rings. The molecule has 0 saturated heterocycles. The van der Waals surface area contributed by atoms with E-state index in [2.05, 4.69) is 5.32 Å². The molecule has 3 rings (SSSR count). The molecule has 0 bridgehead atoms. The maximum absolute atomic E-state index is 14.2.